The van der Waals surface area contributed by atoms with E-state index in [1.54, 1.807) is 25.6 Å². The summed E-state index contributed by atoms with van der Waals surface area (Å²) in [5.41, 5.74) is 2.47. The third-order valence-corrected chi connectivity index (χ3v) is 4.61. The molecule has 0 radical (unpaired) electrons. The number of halogens is 1. The van der Waals surface area contributed by atoms with Crippen molar-refractivity contribution in [3.63, 3.8) is 0 Å². The molecule has 3 aromatic rings. The maximum absolute atomic E-state index is 13.8. The molecule has 9 heteroatoms. The summed E-state index contributed by atoms with van der Waals surface area (Å²) in [5, 5.41) is 8.10. The first-order chi connectivity index (χ1) is 13.7. The predicted molar refractivity (Wildman–Crippen MR) is 108 cm³/mol. The molecule has 0 saturated carbocycles. The van der Waals surface area contributed by atoms with E-state index in [-0.39, 0.29) is 23.6 Å². The van der Waals surface area contributed by atoms with Crippen molar-refractivity contribution in [2.24, 2.45) is 7.05 Å². The predicted octanol–water partition coefficient (Wildman–Crippen LogP) is 2.32. The van der Waals surface area contributed by atoms with Gasteiger partial charge in [-0.15, -0.1) is 0 Å². The number of hydrogen-bond acceptors (Lipinski definition) is 4. The topological polar surface area (TPSA) is 109 Å². The zero-order valence-electron chi connectivity index (χ0n) is 16.2. The normalized spacial score (nSPS) is 10.8. The number of nitrogens with zero attached hydrogens (tertiary/aromatic N) is 2. The molecule has 0 aliphatic carbocycles. The van der Waals surface area contributed by atoms with Crippen LogP contribution in [0, 0.1) is 19.7 Å². The van der Waals surface area contributed by atoms with Gasteiger partial charge in [-0.05, 0) is 49.2 Å². The molecule has 0 atom stereocenters. The van der Waals surface area contributed by atoms with Crippen molar-refractivity contribution in [1.29, 1.82) is 0 Å². The molecule has 0 fully saturated rings. The van der Waals surface area contributed by atoms with Crippen LogP contribution in [0.3, 0.4) is 0 Å². The number of fused-ring (bicyclic) bond motifs is 1. The Balaban J connectivity index is 1.86. The SMILES string of the molecule is C=CC(=O)Nc1cc(NC(=O)Cc2c(C)nc3c(c2C)c(=O)[nH]n3C)ccc1F. The van der Waals surface area contributed by atoms with Gasteiger partial charge in [0.15, 0.2) is 5.65 Å². The van der Waals surface area contributed by atoms with Crippen LogP contribution in [0.2, 0.25) is 0 Å². The van der Waals surface area contributed by atoms with Gasteiger partial charge < -0.3 is 10.6 Å². The second kappa shape index (κ2) is 7.70. The molecule has 2 aromatic heterocycles. The summed E-state index contributed by atoms with van der Waals surface area (Å²) in [6.45, 7) is 6.86. The number of hydrogen-bond donors (Lipinski definition) is 3. The summed E-state index contributed by atoms with van der Waals surface area (Å²) in [7, 11) is 1.69. The standard InChI is InChI=1S/C20H20FN5O3/c1-5-16(27)24-15-8-12(6-7-14(15)21)23-17(28)9-13-10(2)18-19(22-11(13)3)26(4)25-20(18)29/h5-8H,1,9H2,2-4H3,(H,23,28)(H,24,27)(H,25,29). The number of carbonyl (C=O) groups excluding carboxylic acids is 2. The van der Waals surface area contributed by atoms with Crippen LogP contribution in [-0.4, -0.2) is 26.6 Å². The molecular weight excluding hydrogens is 377 g/mol. The van der Waals surface area contributed by atoms with Crippen LogP contribution in [0.25, 0.3) is 11.0 Å². The van der Waals surface area contributed by atoms with Gasteiger partial charge in [0.2, 0.25) is 11.8 Å². The number of anilines is 2. The average molecular weight is 397 g/mol. The number of aryl methyl sites for hydroxylation is 3. The highest BCUT2D eigenvalue weighted by atomic mass is 19.1. The molecule has 0 aliphatic rings. The molecule has 8 nitrogen and oxygen atoms in total. The fourth-order valence-corrected chi connectivity index (χ4v) is 3.16. The number of H-pyrrole nitrogens is 1. The summed E-state index contributed by atoms with van der Waals surface area (Å²) in [5.74, 6) is -1.56. The lowest BCUT2D eigenvalue weighted by atomic mass is 10.0. The van der Waals surface area contributed by atoms with Crippen LogP contribution in [0.4, 0.5) is 15.8 Å². The van der Waals surface area contributed by atoms with Crippen molar-refractivity contribution in [3.05, 3.63) is 63.8 Å². The molecular formula is C20H20FN5O3. The Morgan fingerprint density at radius 3 is 2.72 bits per heavy atom. The molecule has 1 aromatic carbocycles. The first-order valence-electron chi connectivity index (χ1n) is 8.79. The van der Waals surface area contributed by atoms with E-state index >= 15 is 0 Å². The van der Waals surface area contributed by atoms with E-state index in [1.807, 2.05) is 0 Å². The van der Waals surface area contributed by atoms with Gasteiger partial charge in [0.05, 0.1) is 17.5 Å². The third-order valence-electron chi connectivity index (χ3n) is 4.61. The van der Waals surface area contributed by atoms with E-state index in [1.165, 1.54) is 12.1 Å². The highest BCUT2D eigenvalue weighted by molar-refractivity contribution is 6.00. The minimum atomic E-state index is -0.636. The maximum atomic E-state index is 13.8. The second-order valence-electron chi connectivity index (χ2n) is 6.61. The summed E-state index contributed by atoms with van der Waals surface area (Å²) < 4.78 is 15.4. The van der Waals surface area contributed by atoms with E-state index in [4.69, 9.17) is 0 Å². The Morgan fingerprint density at radius 1 is 1.31 bits per heavy atom. The molecule has 0 saturated heterocycles. The van der Waals surface area contributed by atoms with E-state index < -0.39 is 11.7 Å². The van der Waals surface area contributed by atoms with Crippen LogP contribution < -0.4 is 16.2 Å². The number of nitrogens with one attached hydrogen (secondary N) is 3. The number of rotatable bonds is 5. The van der Waals surface area contributed by atoms with Gasteiger partial charge in [-0.1, -0.05) is 6.58 Å². The molecule has 0 bridgehead atoms. The quantitative estimate of drug-likeness (QED) is 0.574. The maximum Gasteiger partial charge on any atom is 0.273 e. The molecule has 2 amide bonds. The Bertz CT molecular complexity index is 1210. The first kappa shape index (κ1) is 20.0. The third kappa shape index (κ3) is 3.93. The Kier molecular flexibility index (Phi) is 5.31. The first-order valence-corrected chi connectivity index (χ1v) is 8.79. The summed E-state index contributed by atoms with van der Waals surface area (Å²) in [4.78, 5) is 40.5. The summed E-state index contributed by atoms with van der Waals surface area (Å²) in [6.07, 6.45) is 1.01. The number of benzene rings is 1. The van der Waals surface area contributed by atoms with Gasteiger partial charge >= 0.3 is 0 Å². The summed E-state index contributed by atoms with van der Waals surface area (Å²) >= 11 is 0. The molecule has 3 rings (SSSR count). The number of aromatic nitrogens is 3. The van der Waals surface area contributed by atoms with Gasteiger partial charge in [-0.25, -0.2) is 9.37 Å². The lowest BCUT2D eigenvalue weighted by Crippen LogP contribution is -2.17. The minimum Gasteiger partial charge on any atom is -0.326 e. The minimum absolute atomic E-state index is 0.0132. The fraction of sp³-hybridized carbons (Fsp3) is 0.200. The van der Waals surface area contributed by atoms with Gasteiger partial charge in [-0.3, -0.25) is 24.2 Å². The monoisotopic (exact) mass is 397 g/mol. The number of carbonyl (C=O) groups is 2. The number of pyridine rings is 1. The highest BCUT2D eigenvalue weighted by Crippen LogP contribution is 2.22. The molecule has 0 unspecified atom stereocenters. The van der Waals surface area contributed by atoms with Crippen molar-refractivity contribution < 1.29 is 14.0 Å². The average Bonchev–Trinajstić information content (AvgIpc) is 2.94. The van der Waals surface area contributed by atoms with Crippen molar-refractivity contribution in [2.45, 2.75) is 20.3 Å². The van der Waals surface area contributed by atoms with E-state index in [9.17, 15) is 18.8 Å². The van der Waals surface area contributed by atoms with Gasteiger partial charge in [-0.2, -0.15) is 0 Å². The molecule has 150 valence electrons. The number of amides is 2. The lowest BCUT2D eigenvalue weighted by Gasteiger charge is -2.12. The molecule has 0 aliphatic heterocycles. The van der Waals surface area contributed by atoms with Crippen molar-refractivity contribution >= 4 is 34.2 Å². The van der Waals surface area contributed by atoms with Crippen LogP contribution in [-0.2, 0) is 23.1 Å². The van der Waals surface area contributed by atoms with E-state index in [0.29, 0.717) is 33.5 Å². The second-order valence-corrected chi connectivity index (χ2v) is 6.61. The van der Waals surface area contributed by atoms with Crippen LogP contribution in [0.1, 0.15) is 16.8 Å². The van der Waals surface area contributed by atoms with Crippen molar-refractivity contribution in [3.8, 4) is 0 Å². The molecule has 3 N–H and O–H groups in total. The molecule has 0 spiro atoms. The number of aromatic amines is 1. The van der Waals surface area contributed by atoms with Gasteiger partial charge in [0.25, 0.3) is 5.56 Å². The van der Waals surface area contributed by atoms with Crippen LogP contribution in [0.5, 0.6) is 0 Å². The van der Waals surface area contributed by atoms with Gasteiger partial charge in [0, 0.05) is 18.4 Å². The largest absolute Gasteiger partial charge is 0.326 e. The van der Waals surface area contributed by atoms with Gasteiger partial charge in [0.1, 0.15) is 5.82 Å². The molecule has 29 heavy (non-hydrogen) atoms. The van der Waals surface area contributed by atoms with E-state index in [2.05, 4.69) is 27.3 Å². The Labute approximate surface area is 165 Å². The van der Waals surface area contributed by atoms with E-state index in [0.717, 1.165) is 12.1 Å². The lowest BCUT2D eigenvalue weighted by molar-refractivity contribution is -0.115. The smallest absolute Gasteiger partial charge is 0.273 e. The summed E-state index contributed by atoms with van der Waals surface area (Å²) in [6, 6.07) is 3.85. The Morgan fingerprint density at radius 2 is 2.03 bits per heavy atom. The Hall–Kier alpha value is -3.75. The zero-order chi connectivity index (χ0) is 21.3. The molecule has 2 heterocycles. The van der Waals surface area contributed by atoms with Crippen molar-refractivity contribution in [2.75, 3.05) is 10.6 Å². The van der Waals surface area contributed by atoms with Crippen molar-refractivity contribution in [1.82, 2.24) is 14.8 Å². The highest BCUT2D eigenvalue weighted by Gasteiger charge is 2.18. The zero-order valence-corrected chi connectivity index (χ0v) is 16.2. The van der Waals surface area contributed by atoms with Crippen LogP contribution in [0.15, 0.2) is 35.6 Å². The fourth-order valence-electron chi connectivity index (χ4n) is 3.16. The van der Waals surface area contributed by atoms with Crippen LogP contribution >= 0.6 is 0 Å².